The predicted octanol–water partition coefficient (Wildman–Crippen LogP) is 4.55. The van der Waals surface area contributed by atoms with Crippen LogP contribution in [0.4, 0.5) is 0 Å². The highest BCUT2D eigenvalue weighted by atomic mass is 35.5. The maximum Gasteiger partial charge on any atom is 0.287 e. The number of aryl methyl sites for hydroxylation is 1. The van der Waals surface area contributed by atoms with Crippen molar-refractivity contribution in [3.05, 3.63) is 69.3 Å². The number of benzene rings is 2. The second kappa shape index (κ2) is 6.44. The number of aromatic nitrogens is 1. The molecule has 1 aromatic heterocycles. The van der Waals surface area contributed by atoms with E-state index >= 15 is 0 Å². The molecule has 0 aliphatic carbocycles. The highest BCUT2D eigenvalue weighted by Gasteiger charge is 2.09. The first kappa shape index (κ1) is 15.6. The number of aromatic amines is 1. The first-order chi connectivity index (χ1) is 11.0. The minimum Gasteiger partial charge on any atom is -0.350 e. The molecule has 0 saturated carbocycles. The Kier molecular flexibility index (Phi) is 4.37. The van der Waals surface area contributed by atoms with Crippen molar-refractivity contribution in [1.82, 2.24) is 10.4 Å². The lowest BCUT2D eigenvalue weighted by Crippen LogP contribution is -2.17. The maximum atomic E-state index is 12.1. The molecule has 0 fully saturated rings. The smallest absolute Gasteiger partial charge is 0.287 e. The SMILES string of the molecule is Cc1cccc2cc(C(=O)N/N=C\c3ccc(Cl)c(Cl)c3)[nH]c12. The third-order valence-electron chi connectivity index (χ3n) is 3.43. The van der Waals surface area contributed by atoms with Gasteiger partial charge in [-0.05, 0) is 36.2 Å². The third-order valence-corrected chi connectivity index (χ3v) is 4.17. The maximum absolute atomic E-state index is 12.1. The van der Waals surface area contributed by atoms with Gasteiger partial charge in [-0.15, -0.1) is 0 Å². The molecule has 3 rings (SSSR count). The fourth-order valence-electron chi connectivity index (χ4n) is 2.25. The molecule has 0 saturated heterocycles. The topological polar surface area (TPSA) is 57.2 Å². The molecule has 0 spiro atoms. The Hall–Kier alpha value is -2.30. The van der Waals surface area contributed by atoms with Crippen LogP contribution in [0.2, 0.25) is 10.0 Å². The molecule has 1 heterocycles. The van der Waals surface area contributed by atoms with Crippen LogP contribution in [-0.4, -0.2) is 17.1 Å². The number of nitrogens with one attached hydrogen (secondary N) is 2. The zero-order valence-corrected chi connectivity index (χ0v) is 13.7. The molecule has 2 N–H and O–H groups in total. The van der Waals surface area contributed by atoms with Crippen molar-refractivity contribution in [2.75, 3.05) is 0 Å². The van der Waals surface area contributed by atoms with Crippen LogP contribution < -0.4 is 5.43 Å². The molecule has 4 nitrogen and oxygen atoms in total. The fraction of sp³-hybridized carbons (Fsp3) is 0.0588. The number of nitrogens with zero attached hydrogens (tertiary/aromatic N) is 1. The van der Waals surface area contributed by atoms with E-state index in [1.807, 2.05) is 25.1 Å². The van der Waals surface area contributed by atoms with Crippen LogP contribution in [0.3, 0.4) is 0 Å². The average molecular weight is 346 g/mol. The van der Waals surface area contributed by atoms with E-state index in [-0.39, 0.29) is 5.91 Å². The van der Waals surface area contributed by atoms with Crippen LogP contribution in [0.15, 0.2) is 47.6 Å². The monoisotopic (exact) mass is 345 g/mol. The summed E-state index contributed by atoms with van der Waals surface area (Å²) in [6.45, 7) is 1.99. The number of halogens is 2. The summed E-state index contributed by atoms with van der Waals surface area (Å²) in [5.41, 5.74) is 5.72. The highest BCUT2D eigenvalue weighted by molar-refractivity contribution is 6.42. The predicted molar refractivity (Wildman–Crippen MR) is 94.6 cm³/mol. The summed E-state index contributed by atoms with van der Waals surface area (Å²) in [6, 6.07) is 12.8. The van der Waals surface area contributed by atoms with Crippen LogP contribution in [0.5, 0.6) is 0 Å². The van der Waals surface area contributed by atoms with E-state index < -0.39 is 0 Å². The van der Waals surface area contributed by atoms with Gasteiger partial charge in [-0.1, -0.05) is 47.5 Å². The molecular formula is C17H13Cl2N3O. The van der Waals surface area contributed by atoms with Gasteiger partial charge in [-0.3, -0.25) is 4.79 Å². The van der Waals surface area contributed by atoms with Crippen LogP contribution >= 0.6 is 23.2 Å². The van der Waals surface area contributed by atoms with E-state index in [4.69, 9.17) is 23.2 Å². The van der Waals surface area contributed by atoms with Gasteiger partial charge >= 0.3 is 0 Å². The number of para-hydroxylation sites is 1. The number of H-pyrrole nitrogens is 1. The largest absolute Gasteiger partial charge is 0.350 e. The van der Waals surface area contributed by atoms with Crippen LogP contribution in [0, 0.1) is 6.92 Å². The van der Waals surface area contributed by atoms with E-state index in [0.717, 1.165) is 22.0 Å². The summed E-state index contributed by atoms with van der Waals surface area (Å²) >= 11 is 11.8. The molecule has 3 aromatic rings. The Morgan fingerprint density at radius 2 is 2.00 bits per heavy atom. The first-order valence-corrected chi connectivity index (χ1v) is 7.67. The number of carbonyl (C=O) groups excluding carboxylic acids is 1. The molecule has 23 heavy (non-hydrogen) atoms. The molecule has 2 aromatic carbocycles. The highest BCUT2D eigenvalue weighted by Crippen LogP contribution is 2.22. The Morgan fingerprint density at radius 3 is 2.74 bits per heavy atom. The Balaban J connectivity index is 1.74. The number of amides is 1. The molecule has 6 heteroatoms. The molecular weight excluding hydrogens is 333 g/mol. The molecule has 116 valence electrons. The van der Waals surface area contributed by atoms with Crippen molar-refractivity contribution in [3.63, 3.8) is 0 Å². The Labute approximate surface area is 143 Å². The van der Waals surface area contributed by atoms with Crippen LogP contribution in [0.25, 0.3) is 10.9 Å². The molecule has 0 radical (unpaired) electrons. The molecule has 1 amide bonds. The van der Waals surface area contributed by atoms with Crippen LogP contribution in [-0.2, 0) is 0 Å². The third kappa shape index (κ3) is 3.38. The number of rotatable bonds is 3. The van der Waals surface area contributed by atoms with Crippen LogP contribution in [0.1, 0.15) is 21.6 Å². The van der Waals surface area contributed by atoms with Gasteiger partial charge in [0.2, 0.25) is 0 Å². The van der Waals surface area contributed by atoms with Crippen molar-refractivity contribution in [3.8, 4) is 0 Å². The zero-order valence-electron chi connectivity index (χ0n) is 12.2. The van der Waals surface area contributed by atoms with Gasteiger partial charge in [0.05, 0.1) is 16.3 Å². The minimum absolute atomic E-state index is 0.308. The standard InChI is InChI=1S/C17H13Cl2N3O/c1-10-3-2-4-12-8-15(21-16(10)12)17(23)22-20-9-11-5-6-13(18)14(19)7-11/h2-9,21H,1H3,(H,22,23)/b20-9-. The van der Waals surface area contributed by atoms with E-state index in [0.29, 0.717) is 15.7 Å². The first-order valence-electron chi connectivity index (χ1n) is 6.91. The van der Waals surface area contributed by atoms with E-state index in [1.165, 1.54) is 6.21 Å². The summed E-state index contributed by atoms with van der Waals surface area (Å²) in [5.74, 6) is -0.308. The van der Waals surface area contributed by atoms with Gasteiger partial charge in [-0.2, -0.15) is 5.10 Å². The summed E-state index contributed by atoms with van der Waals surface area (Å²) in [4.78, 5) is 15.2. The van der Waals surface area contributed by atoms with Crippen molar-refractivity contribution in [1.29, 1.82) is 0 Å². The van der Waals surface area contributed by atoms with Gasteiger partial charge in [-0.25, -0.2) is 5.43 Å². The quantitative estimate of drug-likeness (QED) is 0.531. The molecule has 0 aliphatic heterocycles. The van der Waals surface area contributed by atoms with E-state index in [1.54, 1.807) is 24.3 Å². The normalized spacial score (nSPS) is 11.3. The van der Waals surface area contributed by atoms with Gasteiger partial charge < -0.3 is 4.98 Å². The van der Waals surface area contributed by atoms with Crippen molar-refractivity contribution in [2.45, 2.75) is 6.92 Å². The summed E-state index contributed by atoms with van der Waals surface area (Å²) in [7, 11) is 0. The van der Waals surface area contributed by atoms with Gasteiger partial charge in [0, 0.05) is 10.9 Å². The summed E-state index contributed by atoms with van der Waals surface area (Å²) in [6.07, 6.45) is 1.51. The summed E-state index contributed by atoms with van der Waals surface area (Å²) < 4.78 is 0. The molecule has 0 bridgehead atoms. The molecule has 0 aliphatic rings. The fourth-order valence-corrected chi connectivity index (χ4v) is 2.55. The van der Waals surface area contributed by atoms with E-state index in [2.05, 4.69) is 15.5 Å². The second-order valence-electron chi connectivity index (χ2n) is 5.09. The van der Waals surface area contributed by atoms with Crippen molar-refractivity contribution >= 4 is 46.2 Å². The van der Waals surface area contributed by atoms with Gasteiger partial charge in [0.25, 0.3) is 5.91 Å². The van der Waals surface area contributed by atoms with E-state index in [9.17, 15) is 4.79 Å². The molecule has 0 atom stereocenters. The van der Waals surface area contributed by atoms with Crippen molar-refractivity contribution in [2.24, 2.45) is 5.10 Å². The average Bonchev–Trinajstić information content (AvgIpc) is 2.96. The van der Waals surface area contributed by atoms with Gasteiger partial charge in [0.15, 0.2) is 0 Å². The lowest BCUT2D eigenvalue weighted by Gasteiger charge is -1.98. The zero-order chi connectivity index (χ0) is 16.4. The minimum atomic E-state index is -0.308. The number of hydrazone groups is 1. The number of hydrogen-bond acceptors (Lipinski definition) is 2. The number of fused-ring (bicyclic) bond motifs is 1. The van der Waals surface area contributed by atoms with Gasteiger partial charge in [0.1, 0.15) is 5.69 Å². The lowest BCUT2D eigenvalue weighted by molar-refractivity contribution is 0.0951. The second-order valence-corrected chi connectivity index (χ2v) is 5.91. The summed E-state index contributed by atoms with van der Waals surface area (Å²) in [5, 5.41) is 5.84. The molecule has 0 unspecified atom stereocenters. The number of hydrogen-bond donors (Lipinski definition) is 2. The van der Waals surface area contributed by atoms with Crippen molar-refractivity contribution < 1.29 is 4.79 Å². The Morgan fingerprint density at radius 1 is 1.17 bits per heavy atom. The Bertz CT molecular complexity index is 915. The number of carbonyl (C=O) groups is 1. The lowest BCUT2D eigenvalue weighted by atomic mass is 10.2.